The minimum Gasteiger partial charge on any atom is -0.396 e. The zero-order valence-corrected chi connectivity index (χ0v) is 13.5. The van der Waals surface area contributed by atoms with Gasteiger partial charge >= 0.3 is 0 Å². The zero-order chi connectivity index (χ0) is 17.0. The highest BCUT2D eigenvalue weighted by molar-refractivity contribution is 5.95. The van der Waals surface area contributed by atoms with Crippen molar-refractivity contribution in [2.45, 2.75) is 32.7 Å². The number of carbonyl (C=O) groups excluding carboxylic acids is 1. The molecular weight excluding hydrogens is 298 g/mol. The Morgan fingerprint density at radius 3 is 2.61 bits per heavy atom. The van der Waals surface area contributed by atoms with Crippen molar-refractivity contribution in [1.29, 1.82) is 0 Å². The predicted molar refractivity (Wildman–Crippen MR) is 87.7 cm³/mol. The van der Waals surface area contributed by atoms with Gasteiger partial charge in [0.15, 0.2) is 0 Å². The average Bonchev–Trinajstić information content (AvgIpc) is 2.53. The summed E-state index contributed by atoms with van der Waals surface area (Å²) in [6.07, 6.45) is 1.62. The van der Waals surface area contributed by atoms with Crippen LogP contribution in [-0.2, 0) is 0 Å². The zero-order valence-electron chi connectivity index (χ0n) is 13.5. The molecule has 1 aliphatic rings. The molecule has 0 aromatic heterocycles. The monoisotopic (exact) mass is 321 g/mol. The predicted octanol–water partition coefficient (Wildman–Crippen LogP) is 1.94. The number of piperidine rings is 1. The molecule has 1 aromatic carbocycles. The molecule has 0 aliphatic carbocycles. The number of nitrogens with zero attached hydrogens (tertiary/aromatic N) is 2. The van der Waals surface area contributed by atoms with Gasteiger partial charge in [-0.2, -0.15) is 0 Å². The minimum absolute atomic E-state index is 0.0289. The van der Waals surface area contributed by atoms with Crippen LogP contribution in [0.25, 0.3) is 0 Å². The van der Waals surface area contributed by atoms with E-state index in [1.165, 1.54) is 6.07 Å². The van der Waals surface area contributed by atoms with E-state index in [9.17, 15) is 20.0 Å². The highest BCUT2D eigenvalue weighted by Crippen LogP contribution is 2.32. The lowest BCUT2D eigenvalue weighted by Crippen LogP contribution is -2.35. The maximum Gasteiger partial charge on any atom is 0.293 e. The topological polar surface area (TPSA) is 95.7 Å². The van der Waals surface area contributed by atoms with E-state index in [-0.39, 0.29) is 30.2 Å². The van der Waals surface area contributed by atoms with Gasteiger partial charge in [0.2, 0.25) is 0 Å². The maximum atomic E-state index is 12.0. The van der Waals surface area contributed by atoms with Gasteiger partial charge in [0.05, 0.1) is 4.92 Å². The fraction of sp³-hybridized carbons (Fsp3) is 0.562. The van der Waals surface area contributed by atoms with E-state index < -0.39 is 4.92 Å². The molecule has 0 saturated carbocycles. The molecule has 0 spiro atoms. The first-order valence-corrected chi connectivity index (χ1v) is 7.87. The number of nitrogens with one attached hydrogen (secondary N) is 1. The van der Waals surface area contributed by atoms with Crippen molar-refractivity contribution in [1.82, 2.24) is 5.32 Å². The van der Waals surface area contributed by atoms with Crippen LogP contribution in [0.15, 0.2) is 18.2 Å². The number of carbonyl (C=O) groups is 1. The molecular formula is C16H23N3O4. The molecule has 126 valence electrons. The number of aliphatic hydroxyl groups is 1. The minimum atomic E-state index is -0.445. The van der Waals surface area contributed by atoms with Crippen LogP contribution in [0.3, 0.4) is 0 Å². The Bertz CT molecular complexity index is 581. The average molecular weight is 321 g/mol. The Morgan fingerprint density at radius 2 is 2.09 bits per heavy atom. The largest absolute Gasteiger partial charge is 0.396 e. The number of hydrogen-bond donors (Lipinski definition) is 2. The van der Waals surface area contributed by atoms with E-state index in [0.29, 0.717) is 24.3 Å². The van der Waals surface area contributed by atoms with E-state index in [2.05, 4.69) is 5.32 Å². The van der Waals surface area contributed by atoms with Crippen LogP contribution in [0, 0.1) is 16.0 Å². The van der Waals surface area contributed by atoms with Gasteiger partial charge in [-0.15, -0.1) is 0 Å². The molecule has 1 amide bonds. The fourth-order valence-electron chi connectivity index (χ4n) is 2.78. The summed E-state index contributed by atoms with van der Waals surface area (Å²) in [5.41, 5.74) is 0.774. The number of nitro benzene ring substituents is 1. The summed E-state index contributed by atoms with van der Waals surface area (Å²) < 4.78 is 0. The van der Waals surface area contributed by atoms with E-state index in [0.717, 1.165) is 12.8 Å². The Hall–Kier alpha value is -2.15. The van der Waals surface area contributed by atoms with Crippen molar-refractivity contribution in [3.63, 3.8) is 0 Å². The first kappa shape index (κ1) is 17.2. The Morgan fingerprint density at radius 1 is 1.43 bits per heavy atom. The quantitative estimate of drug-likeness (QED) is 0.638. The fourth-order valence-corrected chi connectivity index (χ4v) is 2.78. The molecule has 0 unspecified atom stereocenters. The standard InChI is InChI=1S/C16H23N3O4/c1-11(2)17-16(21)13-3-4-14(15(9-13)19(22)23)18-7-5-12(10-20)6-8-18/h3-4,9,11-12,20H,5-8,10H2,1-2H3,(H,17,21). The van der Waals surface area contributed by atoms with Crippen molar-refractivity contribution >= 4 is 17.3 Å². The van der Waals surface area contributed by atoms with Gasteiger partial charge in [0.1, 0.15) is 5.69 Å². The lowest BCUT2D eigenvalue weighted by molar-refractivity contribution is -0.384. The molecule has 2 rings (SSSR count). The second-order valence-electron chi connectivity index (χ2n) is 6.20. The SMILES string of the molecule is CC(C)NC(=O)c1ccc(N2CCC(CO)CC2)c([N+](=O)[O-])c1. The van der Waals surface area contributed by atoms with Gasteiger partial charge in [-0.05, 0) is 44.7 Å². The summed E-state index contributed by atoms with van der Waals surface area (Å²) in [4.78, 5) is 24.9. The summed E-state index contributed by atoms with van der Waals surface area (Å²) >= 11 is 0. The van der Waals surface area contributed by atoms with Crippen LogP contribution in [-0.4, -0.2) is 41.7 Å². The lowest BCUT2D eigenvalue weighted by Gasteiger charge is -2.32. The number of rotatable bonds is 5. The summed E-state index contributed by atoms with van der Waals surface area (Å²) in [7, 11) is 0. The molecule has 23 heavy (non-hydrogen) atoms. The molecule has 2 N–H and O–H groups in total. The van der Waals surface area contributed by atoms with Gasteiger partial charge in [-0.25, -0.2) is 0 Å². The van der Waals surface area contributed by atoms with Gasteiger partial charge < -0.3 is 15.3 Å². The summed E-state index contributed by atoms with van der Waals surface area (Å²) in [6, 6.07) is 4.58. The Labute approximate surface area is 135 Å². The van der Waals surface area contributed by atoms with Crippen molar-refractivity contribution in [2.24, 2.45) is 5.92 Å². The number of nitro groups is 1. The number of amides is 1. The molecule has 1 fully saturated rings. The Kier molecular flexibility index (Phi) is 5.54. The third kappa shape index (κ3) is 4.19. The van der Waals surface area contributed by atoms with Gasteiger partial charge in [0.25, 0.3) is 11.6 Å². The first-order valence-electron chi connectivity index (χ1n) is 7.87. The third-order valence-electron chi connectivity index (χ3n) is 4.07. The van der Waals surface area contributed by atoms with Crippen LogP contribution >= 0.6 is 0 Å². The molecule has 0 atom stereocenters. The molecule has 0 bridgehead atoms. The van der Waals surface area contributed by atoms with Crippen LogP contribution in [0.1, 0.15) is 37.0 Å². The lowest BCUT2D eigenvalue weighted by atomic mass is 9.97. The van der Waals surface area contributed by atoms with Crippen LogP contribution < -0.4 is 10.2 Å². The van der Waals surface area contributed by atoms with E-state index in [1.54, 1.807) is 12.1 Å². The molecule has 1 aromatic rings. The number of anilines is 1. The normalized spacial score (nSPS) is 15.7. The van der Waals surface area contributed by atoms with Gasteiger partial charge in [-0.3, -0.25) is 14.9 Å². The molecule has 0 radical (unpaired) electrons. The smallest absolute Gasteiger partial charge is 0.293 e. The van der Waals surface area contributed by atoms with Crippen molar-refractivity contribution in [2.75, 3.05) is 24.6 Å². The van der Waals surface area contributed by atoms with Gasteiger partial charge in [0, 0.05) is 37.4 Å². The van der Waals surface area contributed by atoms with E-state index in [1.807, 2.05) is 18.7 Å². The number of benzene rings is 1. The summed E-state index contributed by atoms with van der Waals surface area (Å²) in [5, 5.41) is 23.3. The summed E-state index contributed by atoms with van der Waals surface area (Å²) in [6.45, 7) is 5.18. The van der Waals surface area contributed by atoms with Gasteiger partial charge in [-0.1, -0.05) is 0 Å². The second kappa shape index (κ2) is 7.41. The molecule has 7 heteroatoms. The highest BCUT2D eigenvalue weighted by atomic mass is 16.6. The van der Waals surface area contributed by atoms with Crippen LogP contribution in [0.4, 0.5) is 11.4 Å². The first-order chi connectivity index (χ1) is 10.9. The second-order valence-corrected chi connectivity index (χ2v) is 6.20. The number of hydrogen-bond acceptors (Lipinski definition) is 5. The summed E-state index contributed by atoms with van der Waals surface area (Å²) in [5.74, 6) is -0.0463. The van der Waals surface area contributed by atoms with Crippen LogP contribution in [0.5, 0.6) is 0 Å². The highest BCUT2D eigenvalue weighted by Gasteiger charge is 2.25. The molecule has 1 heterocycles. The maximum absolute atomic E-state index is 12.0. The molecule has 7 nitrogen and oxygen atoms in total. The van der Waals surface area contributed by atoms with Crippen LogP contribution in [0.2, 0.25) is 0 Å². The molecule has 1 aliphatic heterocycles. The van der Waals surface area contributed by atoms with E-state index >= 15 is 0 Å². The van der Waals surface area contributed by atoms with Crippen molar-refractivity contribution < 1.29 is 14.8 Å². The Balaban J connectivity index is 2.24. The number of aliphatic hydroxyl groups excluding tert-OH is 1. The van der Waals surface area contributed by atoms with E-state index in [4.69, 9.17) is 0 Å². The third-order valence-corrected chi connectivity index (χ3v) is 4.07. The molecule has 1 saturated heterocycles. The van der Waals surface area contributed by atoms with Crippen molar-refractivity contribution in [3.8, 4) is 0 Å². The van der Waals surface area contributed by atoms with Crippen molar-refractivity contribution in [3.05, 3.63) is 33.9 Å².